The molecule has 23 heavy (non-hydrogen) atoms. The van der Waals surface area contributed by atoms with Crippen molar-refractivity contribution >= 4 is 0 Å². The zero-order valence-electron chi connectivity index (χ0n) is 12.8. The molecular formula is C18H18F4O. The van der Waals surface area contributed by atoms with Crippen LogP contribution in [0.2, 0.25) is 0 Å². The fourth-order valence-corrected chi connectivity index (χ4v) is 2.21. The Morgan fingerprint density at radius 1 is 0.870 bits per heavy atom. The number of rotatable bonds is 7. The van der Waals surface area contributed by atoms with Crippen molar-refractivity contribution in [1.82, 2.24) is 0 Å². The van der Waals surface area contributed by atoms with Gasteiger partial charge in [0.15, 0.2) is 11.6 Å². The standard InChI is InChI=1S/C18H18F4O/c1-2-3-13-4-6-14(7-5-13)10-11-18(21,22)23-15-8-9-16(19)17(20)12-15/h4-9,12H,2-3,10-11H2,1H3. The molecule has 0 heterocycles. The van der Waals surface area contributed by atoms with Crippen molar-refractivity contribution in [2.24, 2.45) is 0 Å². The van der Waals surface area contributed by atoms with Crippen molar-refractivity contribution in [2.75, 3.05) is 0 Å². The zero-order chi connectivity index (χ0) is 16.9. The van der Waals surface area contributed by atoms with Gasteiger partial charge in [-0.1, -0.05) is 37.6 Å². The van der Waals surface area contributed by atoms with Gasteiger partial charge in [0.1, 0.15) is 5.75 Å². The van der Waals surface area contributed by atoms with Gasteiger partial charge in [0.05, 0.1) is 6.42 Å². The lowest BCUT2D eigenvalue weighted by molar-refractivity contribution is -0.180. The predicted octanol–water partition coefficient (Wildman–Crippen LogP) is 5.52. The molecule has 124 valence electrons. The molecule has 0 saturated carbocycles. The predicted molar refractivity (Wildman–Crippen MR) is 80.7 cm³/mol. The monoisotopic (exact) mass is 326 g/mol. The zero-order valence-corrected chi connectivity index (χ0v) is 12.8. The van der Waals surface area contributed by atoms with Gasteiger partial charge < -0.3 is 4.74 Å². The van der Waals surface area contributed by atoms with E-state index in [1.165, 1.54) is 5.56 Å². The van der Waals surface area contributed by atoms with Crippen LogP contribution in [-0.4, -0.2) is 6.11 Å². The number of hydrogen-bond acceptors (Lipinski definition) is 1. The Hall–Kier alpha value is -2.04. The molecule has 0 aliphatic carbocycles. The molecule has 0 N–H and O–H groups in total. The summed E-state index contributed by atoms with van der Waals surface area (Å²) in [6.07, 6.45) is -1.89. The Morgan fingerprint density at radius 2 is 1.48 bits per heavy atom. The van der Waals surface area contributed by atoms with E-state index in [1.807, 2.05) is 24.3 Å². The van der Waals surface area contributed by atoms with Gasteiger partial charge in [-0.05, 0) is 36.1 Å². The van der Waals surface area contributed by atoms with E-state index in [9.17, 15) is 17.6 Å². The van der Waals surface area contributed by atoms with Crippen LogP contribution in [0.1, 0.15) is 30.9 Å². The highest BCUT2D eigenvalue weighted by Gasteiger charge is 2.31. The molecule has 0 spiro atoms. The average molecular weight is 326 g/mol. The summed E-state index contributed by atoms with van der Waals surface area (Å²) in [7, 11) is 0. The summed E-state index contributed by atoms with van der Waals surface area (Å²) in [6, 6.07) is 9.83. The Balaban J connectivity index is 1.93. The molecule has 0 aliphatic heterocycles. The minimum Gasteiger partial charge on any atom is -0.432 e. The van der Waals surface area contributed by atoms with Gasteiger partial charge in [-0.25, -0.2) is 8.78 Å². The Bertz CT molecular complexity index is 638. The number of halogens is 4. The minimum absolute atomic E-state index is 0.128. The molecule has 0 bridgehead atoms. The summed E-state index contributed by atoms with van der Waals surface area (Å²) >= 11 is 0. The molecule has 0 unspecified atom stereocenters. The first-order valence-electron chi connectivity index (χ1n) is 7.49. The molecule has 0 fully saturated rings. The lowest BCUT2D eigenvalue weighted by Gasteiger charge is -2.18. The molecule has 2 aromatic rings. The lowest BCUT2D eigenvalue weighted by atomic mass is 10.0. The van der Waals surface area contributed by atoms with E-state index in [4.69, 9.17) is 0 Å². The maximum absolute atomic E-state index is 13.8. The molecule has 2 rings (SSSR count). The minimum atomic E-state index is -3.45. The van der Waals surface area contributed by atoms with Gasteiger partial charge in [0.25, 0.3) is 0 Å². The molecule has 0 atom stereocenters. The smallest absolute Gasteiger partial charge is 0.398 e. The second-order valence-electron chi connectivity index (χ2n) is 5.38. The molecule has 5 heteroatoms. The van der Waals surface area contributed by atoms with Crippen LogP contribution < -0.4 is 4.74 Å². The summed E-state index contributed by atoms with van der Waals surface area (Å²) in [5.41, 5.74) is 1.94. The third-order valence-corrected chi connectivity index (χ3v) is 3.42. The van der Waals surface area contributed by atoms with E-state index in [0.717, 1.165) is 30.5 Å². The molecule has 1 nitrogen and oxygen atoms in total. The summed E-state index contributed by atoms with van der Waals surface area (Å²) < 4.78 is 57.8. The SMILES string of the molecule is CCCc1ccc(CCC(F)(F)Oc2ccc(F)c(F)c2)cc1. The van der Waals surface area contributed by atoms with E-state index < -0.39 is 29.9 Å². The van der Waals surface area contributed by atoms with E-state index in [1.54, 1.807) is 0 Å². The first-order valence-corrected chi connectivity index (χ1v) is 7.49. The largest absolute Gasteiger partial charge is 0.432 e. The van der Waals surface area contributed by atoms with Crippen molar-refractivity contribution in [2.45, 2.75) is 38.7 Å². The van der Waals surface area contributed by atoms with E-state index in [-0.39, 0.29) is 6.42 Å². The molecule has 0 amide bonds. The summed E-state index contributed by atoms with van der Waals surface area (Å²) in [6.45, 7) is 2.07. The maximum Gasteiger partial charge on any atom is 0.398 e. The van der Waals surface area contributed by atoms with Gasteiger partial charge in [-0.2, -0.15) is 8.78 Å². The van der Waals surface area contributed by atoms with Crippen LogP contribution in [0.4, 0.5) is 17.6 Å². The van der Waals surface area contributed by atoms with Gasteiger partial charge in [-0.15, -0.1) is 0 Å². The molecule has 0 radical (unpaired) electrons. The molecule has 0 saturated heterocycles. The van der Waals surface area contributed by atoms with Crippen LogP contribution in [-0.2, 0) is 12.8 Å². The highest BCUT2D eigenvalue weighted by Crippen LogP contribution is 2.27. The van der Waals surface area contributed by atoms with Gasteiger partial charge in [0, 0.05) is 6.07 Å². The maximum atomic E-state index is 13.8. The normalized spacial score (nSPS) is 11.5. The second-order valence-corrected chi connectivity index (χ2v) is 5.38. The van der Waals surface area contributed by atoms with Crippen LogP contribution in [0, 0.1) is 11.6 Å². The Kier molecular flexibility index (Phi) is 5.64. The second kappa shape index (κ2) is 7.49. The van der Waals surface area contributed by atoms with Crippen LogP contribution in [0.3, 0.4) is 0 Å². The van der Waals surface area contributed by atoms with E-state index >= 15 is 0 Å². The fourth-order valence-electron chi connectivity index (χ4n) is 2.21. The van der Waals surface area contributed by atoms with Crippen LogP contribution in [0.5, 0.6) is 5.75 Å². The third kappa shape index (κ3) is 5.27. The summed E-state index contributed by atoms with van der Waals surface area (Å²) in [5.74, 6) is -2.72. The van der Waals surface area contributed by atoms with E-state index in [2.05, 4.69) is 11.7 Å². The Labute approximate surface area is 132 Å². The van der Waals surface area contributed by atoms with E-state index in [0.29, 0.717) is 6.07 Å². The first kappa shape index (κ1) is 17.3. The number of hydrogen-bond donors (Lipinski definition) is 0. The highest BCUT2D eigenvalue weighted by atomic mass is 19.3. The lowest BCUT2D eigenvalue weighted by Crippen LogP contribution is -2.25. The summed E-state index contributed by atoms with van der Waals surface area (Å²) in [5, 5.41) is 0. The van der Waals surface area contributed by atoms with Crippen LogP contribution in [0.25, 0.3) is 0 Å². The van der Waals surface area contributed by atoms with Gasteiger partial charge in [-0.3, -0.25) is 0 Å². The number of alkyl halides is 2. The number of benzene rings is 2. The molecule has 0 aromatic heterocycles. The summed E-state index contributed by atoms with van der Waals surface area (Å²) in [4.78, 5) is 0. The Morgan fingerprint density at radius 3 is 2.04 bits per heavy atom. The van der Waals surface area contributed by atoms with Crippen molar-refractivity contribution in [3.63, 3.8) is 0 Å². The first-order chi connectivity index (χ1) is 10.9. The number of aryl methyl sites for hydroxylation is 2. The van der Waals surface area contributed by atoms with Crippen molar-refractivity contribution in [1.29, 1.82) is 0 Å². The van der Waals surface area contributed by atoms with Gasteiger partial charge in [0.2, 0.25) is 0 Å². The van der Waals surface area contributed by atoms with Crippen molar-refractivity contribution in [3.05, 3.63) is 65.2 Å². The van der Waals surface area contributed by atoms with Gasteiger partial charge >= 0.3 is 6.11 Å². The topological polar surface area (TPSA) is 9.23 Å². The average Bonchev–Trinajstić information content (AvgIpc) is 2.50. The molecule has 2 aromatic carbocycles. The van der Waals surface area contributed by atoms with Crippen molar-refractivity contribution in [3.8, 4) is 5.75 Å². The molecular weight excluding hydrogens is 308 g/mol. The van der Waals surface area contributed by atoms with Crippen LogP contribution in [0.15, 0.2) is 42.5 Å². The van der Waals surface area contributed by atoms with Crippen LogP contribution >= 0.6 is 0 Å². The van der Waals surface area contributed by atoms with Crippen molar-refractivity contribution < 1.29 is 22.3 Å². The molecule has 0 aliphatic rings. The quantitative estimate of drug-likeness (QED) is 0.609. The fraction of sp³-hybridized carbons (Fsp3) is 0.333. The highest BCUT2D eigenvalue weighted by molar-refractivity contribution is 5.25. The third-order valence-electron chi connectivity index (χ3n) is 3.42. The number of ether oxygens (including phenoxy) is 1.